The number of hydrogen-bond donors (Lipinski definition) is 0. The van der Waals surface area contributed by atoms with Gasteiger partial charge >= 0.3 is 0 Å². The Bertz CT molecular complexity index is 585. The summed E-state index contributed by atoms with van der Waals surface area (Å²) in [5, 5.41) is 3.93. The lowest BCUT2D eigenvalue weighted by Crippen LogP contribution is -2.10. The molecule has 2 aromatic heterocycles. The fourth-order valence-corrected chi connectivity index (χ4v) is 2.49. The van der Waals surface area contributed by atoms with Crippen molar-refractivity contribution in [3.8, 4) is 11.6 Å². The largest absolute Gasteiger partial charge is 0.461 e. The van der Waals surface area contributed by atoms with Crippen molar-refractivity contribution in [1.82, 2.24) is 10.1 Å². The maximum absolute atomic E-state index is 12.0. The first-order valence-electron chi connectivity index (χ1n) is 6.66. The van der Waals surface area contributed by atoms with E-state index in [9.17, 15) is 4.79 Å². The van der Waals surface area contributed by atoms with Gasteiger partial charge in [-0.2, -0.15) is 4.98 Å². The number of aromatic nitrogens is 2. The van der Waals surface area contributed by atoms with Crippen molar-refractivity contribution in [3.05, 3.63) is 23.8 Å². The molecule has 0 aliphatic heterocycles. The molecular weight excluding hydrogens is 244 g/mol. The van der Waals surface area contributed by atoms with Gasteiger partial charge in [-0.3, -0.25) is 4.79 Å². The first-order chi connectivity index (χ1) is 9.25. The van der Waals surface area contributed by atoms with Gasteiger partial charge in [0.1, 0.15) is 5.78 Å². The van der Waals surface area contributed by atoms with Crippen molar-refractivity contribution in [3.63, 3.8) is 0 Å². The van der Waals surface area contributed by atoms with Gasteiger partial charge in [-0.1, -0.05) is 18.0 Å². The molecular formula is C14H16N2O3. The number of carbonyl (C=O) groups is 1. The number of carbonyl (C=O) groups excluding carboxylic acids is 1. The molecule has 1 unspecified atom stereocenters. The number of ketones is 1. The van der Waals surface area contributed by atoms with Crippen molar-refractivity contribution < 1.29 is 13.7 Å². The highest BCUT2D eigenvalue weighted by Crippen LogP contribution is 2.30. The van der Waals surface area contributed by atoms with Gasteiger partial charge in [0.15, 0.2) is 5.76 Å². The Morgan fingerprint density at radius 1 is 1.32 bits per heavy atom. The van der Waals surface area contributed by atoms with Crippen LogP contribution < -0.4 is 0 Å². The highest BCUT2D eigenvalue weighted by molar-refractivity contribution is 5.85. The lowest BCUT2D eigenvalue weighted by atomic mass is 9.99. The number of aryl methyl sites for hydroxylation is 1. The van der Waals surface area contributed by atoms with Crippen LogP contribution in [0.2, 0.25) is 0 Å². The fraction of sp³-hybridized carbons (Fsp3) is 0.500. The SMILES string of the molecule is Cc1ccoc1-c1noc(C2CCCCCC2=O)n1. The molecule has 1 aliphatic rings. The van der Waals surface area contributed by atoms with Gasteiger partial charge in [0.2, 0.25) is 11.7 Å². The summed E-state index contributed by atoms with van der Waals surface area (Å²) in [6.07, 6.45) is 6.11. The average molecular weight is 260 g/mol. The zero-order valence-corrected chi connectivity index (χ0v) is 10.9. The Labute approximate surface area is 111 Å². The average Bonchev–Trinajstić information content (AvgIpc) is 2.97. The van der Waals surface area contributed by atoms with Crippen LogP contribution in [0.4, 0.5) is 0 Å². The molecule has 1 atom stereocenters. The normalized spacial score (nSPS) is 20.5. The van der Waals surface area contributed by atoms with Crippen LogP contribution in [-0.2, 0) is 4.79 Å². The predicted molar refractivity (Wildman–Crippen MR) is 67.6 cm³/mol. The van der Waals surface area contributed by atoms with Crippen LogP contribution in [0, 0.1) is 6.92 Å². The van der Waals surface area contributed by atoms with E-state index in [4.69, 9.17) is 8.94 Å². The molecule has 0 saturated heterocycles. The third kappa shape index (κ3) is 2.32. The monoisotopic (exact) mass is 260 g/mol. The molecule has 1 aliphatic carbocycles. The Balaban J connectivity index is 1.88. The minimum absolute atomic E-state index is 0.212. The zero-order valence-electron chi connectivity index (χ0n) is 10.9. The summed E-state index contributed by atoms with van der Waals surface area (Å²) in [7, 11) is 0. The van der Waals surface area contributed by atoms with Gasteiger partial charge in [0.05, 0.1) is 12.2 Å². The van der Waals surface area contributed by atoms with Crippen LogP contribution in [0.25, 0.3) is 11.6 Å². The second-order valence-corrected chi connectivity index (χ2v) is 5.01. The van der Waals surface area contributed by atoms with Crippen molar-refractivity contribution in [2.45, 2.75) is 44.9 Å². The molecule has 0 amide bonds. The van der Waals surface area contributed by atoms with E-state index in [1.165, 1.54) is 0 Å². The summed E-state index contributed by atoms with van der Waals surface area (Å²) in [4.78, 5) is 16.4. The summed E-state index contributed by atoms with van der Waals surface area (Å²) in [5.74, 6) is 1.44. The van der Waals surface area contributed by atoms with Crippen molar-refractivity contribution in [1.29, 1.82) is 0 Å². The van der Waals surface area contributed by atoms with E-state index in [1.54, 1.807) is 6.26 Å². The molecule has 5 nitrogen and oxygen atoms in total. The molecule has 2 heterocycles. The number of Topliss-reactive ketones (excluding diaryl/α,β-unsaturated/α-hetero) is 1. The Hall–Kier alpha value is -1.91. The highest BCUT2D eigenvalue weighted by atomic mass is 16.5. The second kappa shape index (κ2) is 4.99. The molecule has 0 N–H and O–H groups in total. The second-order valence-electron chi connectivity index (χ2n) is 5.01. The lowest BCUT2D eigenvalue weighted by molar-refractivity contribution is -0.120. The molecule has 1 fully saturated rings. The Kier molecular flexibility index (Phi) is 3.19. The van der Waals surface area contributed by atoms with Gasteiger partial charge in [-0.15, -0.1) is 0 Å². The molecule has 5 heteroatoms. The Morgan fingerprint density at radius 3 is 3.00 bits per heavy atom. The van der Waals surface area contributed by atoms with Crippen LogP contribution in [0.1, 0.15) is 49.5 Å². The smallest absolute Gasteiger partial charge is 0.238 e. The molecule has 0 spiro atoms. The number of rotatable bonds is 2. The number of hydrogen-bond acceptors (Lipinski definition) is 5. The van der Waals surface area contributed by atoms with Gasteiger partial charge in [0, 0.05) is 6.42 Å². The van der Waals surface area contributed by atoms with Crippen LogP contribution >= 0.6 is 0 Å². The molecule has 0 aromatic carbocycles. The van der Waals surface area contributed by atoms with Gasteiger partial charge in [0.25, 0.3) is 0 Å². The van der Waals surface area contributed by atoms with Gasteiger partial charge < -0.3 is 8.94 Å². The van der Waals surface area contributed by atoms with E-state index >= 15 is 0 Å². The summed E-state index contributed by atoms with van der Waals surface area (Å²) in [5.41, 5.74) is 0.958. The predicted octanol–water partition coefficient (Wildman–Crippen LogP) is 3.25. The minimum Gasteiger partial charge on any atom is -0.461 e. The molecule has 2 aromatic rings. The summed E-state index contributed by atoms with van der Waals surface area (Å²) >= 11 is 0. The maximum atomic E-state index is 12.0. The van der Waals surface area contributed by atoms with Crippen molar-refractivity contribution in [2.24, 2.45) is 0 Å². The van der Waals surface area contributed by atoms with Crippen LogP contribution in [0.5, 0.6) is 0 Å². The van der Waals surface area contributed by atoms with Gasteiger partial charge in [-0.25, -0.2) is 0 Å². The third-order valence-electron chi connectivity index (χ3n) is 3.61. The standard InChI is InChI=1S/C14H16N2O3/c1-9-7-8-18-12(9)13-15-14(19-16-13)10-5-3-2-4-6-11(10)17/h7-8,10H,2-6H2,1H3. The number of nitrogens with zero attached hydrogens (tertiary/aromatic N) is 2. The van der Waals surface area contributed by atoms with Crippen molar-refractivity contribution in [2.75, 3.05) is 0 Å². The van der Waals surface area contributed by atoms with Crippen molar-refractivity contribution >= 4 is 5.78 Å². The topological polar surface area (TPSA) is 69.1 Å². The molecule has 19 heavy (non-hydrogen) atoms. The third-order valence-corrected chi connectivity index (χ3v) is 3.61. The molecule has 100 valence electrons. The summed E-state index contributed by atoms with van der Waals surface area (Å²) in [6.45, 7) is 1.92. The Morgan fingerprint density at radius 2 is 2.21 bits per heavy atom. The number of furan rings is 1. The zero-order chi connectivity index (χ0) is 13.2. The highest BCUT2D eigenvalue weighted by Gasteiger charge is 2.28. The van der Waals surface area contributed by atoms with Crippen LogP contribution in [-0.4, -0.2) is 15.9 Å². The van der Waals surface area contributed by atoms with Gasteiger partial charge in [-0.05, 0) is 31.4 Å². The van der Waals surface area contributed by atoms with E-state index in [0.29, 0.717) is 23.9 Å². The summed E-state index contributed by atoms with van der Waals surface area (Å²) < 4.78 is 10.6. The lowest BCUT2D eigenvalue weighted by Gasteiger charge is -2.06. The van der Waals surface area contributed by atoms with Crippen LogP contribution in [0.15, 0.2) is 21.3 Å². The quantitative estimate of drug-likeness (QED) is 0.775. The van der Waals surface area contributed by atoms with Crippen LogP contribution in [0.3, 0.4) is 0 Å². The maximum Gasteiger partial charge on any atom is 0.238 e. The van der Waals surface area contributed by atoms with E-state index in [0.717, 1.165) is 31.2 Å². The first-order valence-corrected chi connectivity index (χ1v) is 6.66. The molecule has 1 saturated carbocycles. The minimum atomic E-state index is -0.237. The molecule has 0 radical (unpaired) electrons. The fourth-order valence-electron chi connectivity index (χ4n) is 2.49. The summed E-state index contributed by atoms with van der Waals surface area (Å²) in [6, 6.07) is 1.85. The van der Waals surface area contributed by atoms with E-state index < -0.39 is 0 Å². The van der Waals surface area contributed by atoms with E-state index in [2.05, 4.69) is 10.1 Å². The molecule has 0 bridgehead atoms. The van der Waals surface area contributed by atoms with E-state index in [1.807, 2.05) is 13.0 Å². The van der Waals surface area contributed by atoms with E-state index in [-0.39, 0.29) is 11.7 Å². The molecule has 3 rings (SSSR count). The first kappa shape index (κ1) is 12.1.